The second-order valence-corrected chi connectivity index (χ2v) is 5.09. The average molecular weight is 249 g/mol. The SMILES string of the molecule is Cc1ccc(O)c(NC(=O)C2(C)CCNCC2)n1. The lowest BCUT2D eigenvalue weighted by molar-refractivity contribution is -0.126. The number of aromatic hydroxyl groups is 1. The Labute approximate surface area is 107 Å². The first-order valence-electron chi connectivity index (χ1n) is 6.20. The van der Waals surface area contributed by atoms with Gasteiger partial charge in [0, 0.05) is 11.1 Å². The maximum Gasteiger partial charge on any atom is 0.231 e. The molecule has 5 heteroatoms. The predicted molar refractivity (Wildman–Crippen MR) is 69.5 cm³/mol. The number of amides is 1. The molecule has 0 radical (unpaired) electrons. The predicted octanol–water partition coefficient (Wildman–Crippen LogP) is 1.42. The van der Waals surface area contributed by atoms with Crippen LogP contribution in [0, 0.1) is 12.3 Å². The number of aryl methyl sites for hydroxylation is 1. The van der Waals surface area contributed by atoms with Crippen molar-refractivity contribution in [2.45, 2.75) is 26.7 Å². The number of anilines is 1. The number of nitrogens with one attached hydrogen (secondary N) is 2. The number of piperidine rings is 1. The summed E-state index contributed by atoms with van der Waals surface area (Å²) in [6.07, 6.45) is 1.59. The lowest BCUT2D eigenvalue weighted by Crippen LogP contribution is -2.43. The summed E-state index contributed by atoms with van der Waals surface area (Å²) in [7, 11) is 0. The number of carbonyl (C=O) groups is 1. The number of carbonyl (C=O) groups excluding carboxylic acids is 1. The molecule has 1 fully saturated rings. The highest BCUT2D eigenvalue weighted by Crippen LogP contribution is 2.30. The Morgan fingerprint density at radius 2 is 2.11 bits per heavy atom. The van der Waals surface area contributed by atoms with Crippen LogP contribution >= 0.6 is 0 Å². The smallest absolute Gasteiger partial charge is 0.231 e. The molecule has 98 valence electrons. The number of hydrogen-bond acceptors (Lipinski definition) is 4. The van der Waals surface area contributed by atoms with Crippen molar-refractivity contribution in [2.75, 3.05) is 18.4 Å². The van der Waals surface area contributed by atoms with E-state index in [1.54, 1.807) is 12.1 Å². The van der Waals surface area contributed by atoms with E-state index < -0.39 is 0 Å². The van der Waals surface area contributed by atoms with E-state index in [0.717, 1.165) is 31.6 Å². The molecule has 0 aromatic carbocycles. The van der Waals surface area contributed by atoms with E-state index in [-0.39, 0.29) is 22.9 Å². The van der Waals surface area contributed by atoms with Gasteiger partial charge in [-0.25, -0.2) is 4.98 Å². The van der Waals surface area contributed by atoms with Gasteiger partial charge in [-0.3, -0.25) is 4.79 Å². The van der Waals surface area contributed by atoms with Crippen LogP contribution in [0.4, 0.5) is 5.82 Å². The summed E-state index contributed by atoms with van der Waals surface area (Å²) in [6, 6.07) is 3.25. The quantitative estimate of drug-likeness (QED) is 0.741. The molecule has 2 heterocycles. The van der Waals surface area contributed by atoms with Crippen LogP contribution in [0.15, 0.2) is 12.1 Å². The molecule has 5 nitrogen and oxygen atoms in total. The van der Waals surface area contributed by atoms with Crippen molar-refractivity contribution >= 4 is 11.7 Å². The first-order chi connectivity index (χ1) is 8.51. The van der Waals surface area contributed by atoms with Crippen molar-refractivity contribution in [3.63, 3.8) is 0 Å². The van der Waals surface area contributed by atoms with Gasteiger partial charge in [-0.2, -0.15) is 0 Å². The number of nitrogens with zero attached hydrogens (tertiary/aromatic N) is 1. The summed E-state index contributed by atoms with van der Waals surface area (Å²) >= 11 is 0. The van der Waals surface area contributed by atoms with Crippen LogP contribution in [0.5, 0.6) is 5.75 Å². The van der Waals surface area contributed by atoms with E-state index in [0.29, 0.717) is 0 Å². The molecular weight excluding hydrogens is 230 g/mol. The van der Waals surface area contributed by atoms with Gasteiger partial charge in [-0.05, 0) is 45.0 Å². The van der Waals surface area contributed by atoms with Crippen molar-refractivity contribution in [2.24, 2.45) is 5.41 Å². The van der Waals surface area contributed by atoms with Crippen LogP contribution in [0.3, 0.4) is 0 Å². The Morgan fingerprint density at radius 3 is 2.78 bits per heavy atom. The molecule has 0 saturated carbocycles. The third-order valence-corrected chi connectivity index (χ3v) is 3.50. The van der Waals surface area contributed by atoms with E-state index in [2.05, 4.69) is 15.6 Å². The van der Waals surface area contributed by atoms with Gasteiger partial charge in [-0.15, -0.1) is 0 Å². The average Bonchev–Trinajstić information content (AvgIpc) is 2.35. The van der Waals surface area contributed by atoms with Gasteiger partial charge in [0.05, 0.1) is 0 Å². The third-order valence-electron chi connectivity index (χ3n) is 3.50. The van der Waals surface area contributed by atoms with Crippen molar-refractivity contribution in [3.8, 4) is 5.75 Å². The lowest BCUT2D eigenvalue weighted by atomic mass is 9.80. The van der Waals surface area contributed by atoms with Crippen LogP contribution < -0.4 is 10.6 Å². The molecule has 1 aromatic heterocycles. The van der Waals surface area contributed by atoms with Crippen LogP contribution in [-0.4, -0.2) is 29.1 Å². The summed E-state index contributed by atoms with van der Waals surface area (Å²) in [5.41, 5.74) is 0.377. The van der Waals surface area contributed by atoms with E-state index in [1.807, 2.05) is 13.8 Å². The molecular formula is C13H19N3O2. The van der Waals surface area contributed by atoms with Crippen molar-refractivity contribution in [1.82, 2.24) is 10.3 Å². The zero-order valence-corrected chi connectivity index (χ0v) is 10.8. The lowest BCUT2D eigenvalue weighted by Gasteiger charge is -2.32. The van der Waals surface area contributed by atoms with Gasteiger partial charge in [0.15, 0.2) is 11.6 Å². The number of rotatable bonds is 2. The second-order valence-electron chi connectivity index (χ2n) is 5.09. The molecule has 0 bridgehead atoms. The van der Waals surface area contributed by atoms with Gasteiger partial charge >= 0.3 is 0 Å². The molecule has 3 N–H and O–H groups in total. The minimum atomic E-state index is -0.386. The largest absolute Gasteiger partial charge is 0.504 e. The highest BCUT2D eigenvalue weighted by molar-refractivity contribution is 5.95. The van der Waals surface area contributed by atoms with Gasteiger partial charge in [0.25, 0.3) is 0 Å². The van der Waals surface area contributed by atoms with E-state index in [1.165, 1.54) is 0 Å². The summed E-state index contributed by atoms with van der Waals surface area (Å²) < 4.78 is 0. The van der Waals surface area contributed by atoms with Gasteiger partial charge in [0.1, 0.15) is 0 Å². The Bertz CT molecular complexity index is 454. The molecule has 18 heavy (non-hydrogen) atoms. The summed E-state index contributed by atoms with van der Waals surface area (Å²) in [4.78, 5) is 16.4. The maximum absolute atomic E-state index is 12.3. The summed E-state index contributed by atoms with van der Waals surface area (Å²) in [6.45, 7) is 5.46. The van der Waals surface area contributed by atoms with Crippen molar-refractivity contribution in [1.29, 1.82) is 0 Å². The normalized spacial score (nSPS) is 18.3. The van der Waals surface area contributed by atoms with Crippen molar-refractivity contribution < 1.29 is 9.90 Å². The molecule has 0 unspecified atom stereocenters. The van der Waals surface area contributed by atoms with Crippen LogP contribution in [0.2, 0.25) is 0 Å². The van der Waals surface area contributed by atoms with E-state index in [9.17, 15) is 9.90 Å². The summed E-state index contributed by atoms with van der Waals surface area (Å²) in [5.74, 6) is 0.184. The summed E-state index contributed by atoms with van der Waals surface area (Å²) in [5, 5.41) is 15.6. The van der Waals surface area contributed by atoms with Crippen molar-refractivity contribution in [3.05, 3.63) is 17.8 Å². The highest BCUT2D eigenvalue weighted by atomic mass is 16.3. The minimum Gasteiger partial charge on any atom is -0.504 e. The molecule has 1 aromatic rings. The zero-order chi connectivity index (χ0) is 13.2. The van der Waals surface area contributed by atoms with Gasteiger partial charge in [-0.1, -0.05) is 6.92 Å². The topological polar surface area (TPSA) is 74.2 Å². The maximum atomic E-state index is 12.3. The molecule has 2 rings (SSSR count). The monoisotopic (exact) mass is 249 g/mol. The van der Waals surface area contributed by atoms with Crippen LogP contribution in [0.1, 0.15) is 25.5 Å². The first-order valence-corrected chi connectivity index (χ1v) is 6.20. The van der Waals surface area contributed by atoms with Gasteiger partial charge in [0.2, 0.25) is 5.91 Å². The molecule has 1 saturated heterocycles. The molecule has 1 aliphatic heterocycles. The molecule has 0 aliphatic carbocycles. The molecule has 0 atom stereocenters. The van der Waals surface area contributed by atoms with Crippen LogP contribution in [-0.2, 0) is 4.79 Å². The highest BCUT2D eigenvalue weighted by Gasteiger charge is 2.35. The number of hydrogen-bond donors (Lipinski definition) is 3. The second kappa shape index (κ2) is 4.94. The first kappa shape index (κ1) is 12.8. The zero-order valence-electron chi connectivity index (χ0n) is 10.8. The van der Waals surface area contributed by atoms with E-state index in [4.69, 9.17) is 0 Å². The molecule has 0 spiro atoms. The minimum absolute atomic E-state index is 0.00600. The molecule has 1 aliphatic rings. The van der Waals surface area contributed by atoms with Crippen LogP contribution in [0.25, 0.3) is 0 Å². The number of aromatic nitrogens is 1. The Hall–Kier alpha value is -1.62. The Morgan fingerprint density at radius 1 is 1.44 bits per heavy atom. The van der Waals surface area contributed by atoms with E-state index >= 15 is 0 Å². The fourth-order valence-electron chi connectivity index (χ4n) is 2.11. The fourth-order valence-corrected chi connectivity index (χ4v) is 2.11. The third kappa shape index (κ3) is 2.61. The van der Waals surface area contributed by atoms with Gasteiger partial charge < -0.3 is 15.7 Å². The molecule has 1 amide bonds. The fraction of sp³-hybridized carbons (Fsp3) is 0.538. The Kier molecular flexibility index (Phi) is 3.52. The standard InChI is InChI=1S/C13H19N3O2/c1-9-3-4-10(17)11(15-9)16-12(18)13(2)5-7-14-8-6-13/h3-4,14,17H,5-8H2,1-2H3,(H,15,16,18). The Balaban J connectivity index is 2.13. The number of pyridine rings is 1.